The zero-order chi connectivity index (χ0) is 12.6. The van der Waals surface area contributed by atoms with Crippen molar-refractivity contribution in [1.82, 2.24) is 0 Å². The van der Waals surface area contributed by atoms with Crippen molar-refractivity contribution < 1.29 is 14.3 Å². The van der Waals surface area contributed by atoms with Crippen LogP contribution >= 0.6 is 0 Å². The quantitative estimate of drug-likeness (QED) is 0.683. The van der Waals surface area contributed by atoms with E-state index >= 15 is 0 Å². The Balaban J connectivity index is 0. The fourth-order valence-corrected chi connectivity index (χ4v) is 1.26. The van der Waals surface area contributed by atoms with Crippen molar-refractivity contribution in [3.63, 3.8) is 0 Å². The number of carbonyl (C=O) groups is 1. The number of carbonyl (C=O) groups excluding carboxylic acids is 1. The van der Waals surface area contributed by atoms with Gasteiger partial charge in [0.25, 0.3) is 0 Å². The fourth-order valence-electron chi connectivity index (χ4n) is 1.26. The van der Waals surface area contributed by atoms with Crippen molar-refractivity contribution in [2.24, 2.45) is 0 Å². The van der Waals surface area contributed by atoms with E-state index in [0.717, 1.165) is 6.61 Å². The molecule has 0 N–H and O–H groups in total. The lowest BCUT2D eigenvalue weighted by atomic mass is 10.0. The number of methoxy groups -OCH3 is 1. The van der Waals surface area contributed by atoms with Gasteiger partial charge in [0.1, 0.15) is 0 Å². The summed E-state index contributed by atoms with van der Waals surface area (Å²) in [6, 6.07) is 0. The lowest BCUT2D eigenvalue weighted by Crippen LogP contribution is -1.95. The second-order valence-electron chi connectivity index (χ2n) is 3.62. The Hall–Kier alpha value is -0.570. The molecule has 1 fully saturated rings. The highest BCUT2D eigenvalue weighted by Crippen LogP contribution is 2.15. The minimum atomic E-state index is -0.211. The van der Waals surface area contributed by atoms with Gasteiger partial charge in [-0.15, -0.1) is 0 Å². The van der Waals surface area contributed by atoms with E-state index in [9.17, 15) is 4.79 Å². The van der Waals surface area contributed by atoms with E-state index < -0.39 is 0 Å². The van der Waals surface area contributed by atoms with E-state index in [1.54, 1.807) is 14.0 Å². The predicted octanol–water partition coefficient (Wildman–Crippen LogP) is 3.56. The molecule has 0 saturated heterocycles. The highest BCUT2D eigenvalue weighted by atomic mass is 16.5. The van der Waals surface area contributed by atoms with E-state index in [1.807, 2.05) is 6.92 Å². The van der Waals surface area contributed by atoms with Gasteiger partial charge in [0, 0.05) is 20.6 Å². The molecule has 0 atom stereocenters. The van der Waals surface area contributed by atoms with Crippen LogP contribution in [0.4, 0.5) is 0 Å². The summed E-state index contributed by atoms with van der Waals surface area (Å²) in [7, 11) is 1.68. The van der Waals surface area contributed by atoms with Gasteiger partial charge < -0.3 is 9.47 Å². The van der Waals surface area contributed by atoms with E-state index in [0.29, 0.717) is 6.61 Å². The van der Waals surface area contributed by atoms with Crippen LogP contribution in [0.5, 0.6) is 0 Å². The van der Waals surface area contributed by atoms with Crippen molar-refractivity contribution in [3.05, 3.63) is 0 Å². The zero-order valence-corrected chi connectivity index (χ0v) is 11.4. The first kappa shape index (κ1) is 17.8. The predicted molar refractivity (Wildman–Crippen MR) is 67.6 cm³/mol. The van der Waals surface area contributed by atoms with Crippen LogP contribution in [-0.4, -0.2) is 26.3 Å². The number of hydrogen-bond acceptors (Lipinski definition) is 3. The summed E-state index contributed by atoms with van der Waals surface area (Å²) in [6.07, 6.45) is 9.00. The smallest absolute Gasteiger partial charge is 0.302 e. The van der Waals surface area contributed by atoms with Crippen LogP contribution in [-0.2, 0) is 14.3 Å². The third-order valence-corrected chi connectivity index (χ3v) is 2.14. The molecule has 3 nitrogen and oxygen atoms in total. The topological polar surface area (TPSA) is 35.5 Å². The molecule has 3 heteroatoms. The maximum atomic E-state index is 9.82. The Morgan fingerprint density at radius 2 is 1.25 bits per heavy atom. The van der Waals surface area contributed by atoms with E-state index in [4.69, 9.17) is 0 Å². The van der Waals surface area contributed by atoms with Gasteiger partial charge in [-0.05, 0) is 13.8 Å². The fraction of sp³-hybridized carbons (Fsp3) is 0.923. The molecule has 0 aromatic carbocycles. The largest absolute Gasteiger partial charge is 0.466 e. The van der Waals surface area contributed by atoms with Gasteiger partial charge >= 0.3 is 5.97 Å². The molecule has 0 heterocycles. The van der Waals surface area contributed by atoms with Crippen molar-refractivity contribution in [2.75, 3.05) is 20.3 Å². The molecular weight excluding hydrogens is 204 g/mol. The lowest BCUT2D eigenvalue weighted by Gasteiger charge is -2.05. The summed E-state index contributed by atoms with van der Waals surface area (Å²) >= 11 is 0. The van der Waals surface area contributed by atoms with Crippen LogP contribution in [0.2, 0.25) is 0 Å². The number of hydrogen-bond donors (Lipinski definition) is 0. The molecule has 0 aromatic rings. The number of rotatable bonds is 2. The molecular formula is C13H28O3. The third kappa shape index (κ3) is 23.3. The van der Waals surface area contributed by atoms with Gasteiger partial charge in [-0.25, -0.2) is 0 Å². The summed E-state index contributed by atoms with van der Waals surface area (Å²) in [5, 5.41) is 0. The van der Waals surface area contributed by atoms with Crippen molar-refractivity contribution in [3.8, 4) is 0 Å². The Morgan fingerprint density at radius 3 is 1.31 bits per heavy atom. The Morgan fingerprint density at radius 1 is 0.938 bits per heavy atom. The molecule has 0 bridgehead atoms. The lowest BCUT2D eigenvalue weighted by molar-refractivity contribution is -0.140. The van der Waals surface area contributed by atoms with Gasteiger partial charge in [0.05, 0.1) is 6.61 Å². The molecule has 1 rings (SSSR count). The van der Waals surface area contributed by atoms with E-state index in [-0.39, 0.29) is 5.97 Å². The van der Waals surface area contributed by atoms with Gasteiger partial charge in [0.15, 0.2) is 0 Å². The molecule has 98 valence electrons. The molecule has 1 aliphatic carbocycles. The molecule has 0 unspecified atom stereocenters. The van der Waals surface area contributed by atoms with Crippen molar-refractivity contribution >= 4 is 5.97 Å². The van der Waals surface area contributed by atoms with Crippen molar-refractivity contribution in [2.45, 2.75) is 59.3 Å². The number of ether oxygens (including phenoxy) is 2. The summed E-state index contributed by atoms with van der Waals surface area (Å²) in [5.41, 5.74) is 0. The molecule has 0 aromatic heterocycles. The normalized spacial score (nSPS) is 13.8. The molecule has 0 amide bonds. The average molecular weight is 232 g/mol. The second kappa shape index (κ2) is 16.8. The zero-order valence-electron chi connectivity index (χ0n) is 11.4. The minimum Gasteiger partial charge on any atom is -0.466 e. The summed E-state index contributed by atoms with van der Waals surface area (Å²) in [4.78, 5) is 9.82. The summed E-state index contributed by atoms with van der Waals surface area (Å²) in [6.45, 7) is 6.43. The SMILES string of the molecule is C1CCCCC1.CCOC.CCOC(C)=O. The van der Waals surface area contributed by atoms with Gasteiger partial charge in [0.2, 0.25) is 0 Å². The van der Waals surface area contributed by atoms with Crippen molar-refractivity contribution in [1.29, 1.82) is 0 Å². The van der Waals surface area contributed by atoms with E-state index in [1.165, 1.54) is 45.4 Å². The van der Waals surface area contributed by atoms with Crippen LogP contribution < -0.4 is 0 Å². The Kier molecular flexibility index (Phi) is 18.8. The summed E-state index contributed by atoms with van der Waals surface area (Å²) < 4.78 is 8.94. The van der Waals surface area contributed by atoms with Gasteiger partial charge in [-0.1, -0.05) is 38.5 Å². The summed E-state index contributed by atoms with van der Waals surface area (Å²) in [5.74, 6) is -0.211. The first-order valence-corrected chi connectivity index (χ1v) is 6.31. The van der Waals surface area contributed by atoms with E-state index in [2.05, 4.69) is 9.47 Å². The average Bonchev–Trinajstić information content (AvgIpc) is 2.32. The molecule has 16 heavy (non-hydrogen) atoms. The first-order valence-electron chi connectivity index (χ1n) is 6.31. The van der Waals surface area contributed by atoms with Crippen LogP contribution in [0.25, 0.3) is 0 Å². The Labute approximate surface area is 101 Å². The van der Waals surface area contributed by atoms with Crippen LogP contribution in [0.1, 0.15) is 59.3 Å². The van der Waals surface area contributed by atoms with Crippen LogP contribution in [0, 0.1) is 0 Å². The Bertz CT molecular complexity index is 118. The second-order valence-corrected chi connectivity index (χ2v) is 3.62. The van der Waals surface area contributed by atoms with Gasteiger partial charge in [-0.2, -0.15) is 0 Å². The third-order valence-electron chi connectivity index (χ3n) is 2.14. The van der Waals surface area contributed by atoms with Crippen LogP contribution in [0.15, 0.2) is 0 Å². The highest BCUT2D eigenvalue weighted by Gasteiger charge is 1.95. The van der Waals surface area contributed by atoms with Gasteiger partial charge in [-0.3, -0.25) is 4.79 Å². The standard InChI is InChI=1S/C6H12.C4H8O2.C3H8O/c1-2-4-6-5-3-1;1-3-6-4(2)5;1-3-4-2/h1-6H2;3H2,1-2H3;3H2,1-2H3. The highest BCUT2D eigenvalue weighted by molar-refractivity contribution is 5.65. The molecule has 1 saturated carbocycles. The maximum absolute atomic E-state index is 9.82. The minimum absolute atomic E-state index is 0.211. The molecule has 1 aliphatic rings. The first-order chi connectivity index (χ1) is 7.68. The monoisotopic (exact) mass is 232 g/mol. The molecule has 0 spiro atoms. The number of esters is 1. The molecule has 0 aliphatic heterocycles. The van der Waals surface area contributed by atoms with Crippen LogP contribution in [0.3, 0.4) is 0 Å². The molecule has 0 radical (unpaired) electrons. The maximum Gasteiger partial charge on any atom is 0.302 e.